The minimum atomic E-state index is -0.944. The molecule has 0 amide bonds. The fraction of sp³-hybridized carbons (Fsp3) is 0. The first-order chi connectivity index (χ1) is 7.25. The molecule has 1 aliphatic rings. The number of carboxylic acids is 1. The van der Waals surface area contributed by atoms with Crippen molar-refractivity contribution >= 4 is 28.1 Å². The van der Waals surface area contributed by atoms with Crippen LogP contribution in [0.3, 0.4) is 0 Å². The van der Waals surface area contributed by atoms with E-state index < -0.39 is 5.97 Å². The Morgan fingerprint density at radius 3 is 2.73 bits per heavy atom. The average molecular weight is 198 g/mol. The van der Waals surface area contributed by atoms with Crippen molar-refractivity contribution in [2.45, 2.75) is 0 Å². The van der Waals surface area contributed by atoms with E-state index in [1.807, 2.05) is 18.2 Å². The smallest absolute Gasteiger partial charge is 0.335 e. The van der Waals surface area contributed by atoms with Crippen LogP contribution in [0.15, 0.2) is 40.6 Å². The first-order valence-electron chi connectivity index (χ1n) is 4.47. The van der Waals surface area contributed by atoms with Gasteiger partial charge in [-0.1, -0.05) is 12.1 Å². The fourth-order valence-electron chi connectivity index (χ4n) is 1.78. The molecule has 72 valence electrons. The van der Waals surface area contributed by atoms with Crippen molar-refractivity contribution in [3.8, 4) is 0 Å². The molecule has 1 N–H and O–H groups in total. The van der Waals surface area contributed by atoms with Crippen LogP contribution in [0.25, 0.3) is 10.8 Å². The minimum absolute atomic E-state index is 0.246. The van der Waals surface area contributed by atoms with E-state index in [-0.39, 0.29) is 5.56 Å². The van der Waals surface area contributed by atoms with Gasteiger partial charge in [0.15, 0.2) is 0 Å². The molecule has 0 bridgehead atoms. The van der Waals surface area contributed by atoms with E-state index in [0.717, 1.165) is 16.5 Å². The highest BCUT2D eigenvalue weighted by Gasteiger charge is 2.15. The molecule has 0 saturated heterocycles. The SMILES string of the molecule is O=C(O)c1cc2c3c(cccc3c1)N=N2. The van der Waals surface area contributed by atoms with Crippen LogP contribution in [0.4, 0.5) is 11.4 Å². The molecule has 4 heteroatoms. The Hall–Kier alpha value is -2.23. The Kier molecular flexibility index (Phi) is 1.42. The second kappa shape index (κ2) is 2.63. The number of carbonyl (C=O) groups is 1. The van der Waals surface area contributed by atoms with E-state index >= 15 is 0 Å². The van der Waals surface area contributed by atoms with Crippen molar-refractivity contribution in [2.24, 2.45) is 10.2 Å². The summed E-state index contributed by atoms with van der Waals surface area (Å²) in [5, 5.41) is 18.6. The van der Waals surface area contributed by atoms with Crippen LogP contribution in [-0.2, 0) is 0 Å². The maximum atomic E-state index is 10.9. The molecule has 0 atom stereocenters. The number of aromatic carboxylic acids is 1. The van der Waals surface area contributed by atoms with Gasteiger partial charge in [0.05, 0.1) is 16.9 Å². The largest absolute Gasteiger partial charge is 0.478 e. The second-order valence-corrected chi connectivity index (χ2v) is 3.38. The van der Waals surface area contributed by atoms with Crippen molar-refractivity contribution in [3.63, 3.8) is 0 Å². The zero-order chi connectivity index (χ0) is 10.4. The molecule has 1 heterocycles. The molecule has 0 fully saturated rings. The predicted molar refractivity (Wildman–Crippen MR) is 55.1 cm³/mol. The molecule has 2 aromatic carbocycles. The molecular formula is C11H6N2O2. The zero-order valence-corrected chi connectivity index (χ0v) is 7.64. The summed E-state index contributed by atoms with van der Waals surface area (Å²) in [6.07, 6.45) is 0. The number of hydrogen-bond acceptors (Lipinski definition) is 3. The number of benzene rings is 2. The van der Waals surface area contributed by atoms with E-state index in [0.29, 0.717) is 5.69 Å². The van der Waals surface area contributed by atoms with Gasteiger partial charge >= 0.3 is 5.97 Å². The fourth-order valence-corrected chi connectivity index (χ4v) is 1.78. The van der Waals surface area contributed by atoms with Gasteiger partial charge in [0.25, 0.3) is 0 Å². The number of nitrogens with zero attached hydrogens (tertiary/aromatic N) is 2. The maximum absolute atomic E-state index is 10.9. The van der Waals surface area contributed by atoms with Crippen LogP contribution in [0.5, 0.6) is 0 Å². The molecule has 0 aliphatic carbocycles. The topological polar surface area (TPSA) is 62.0 Å². The lowest BCUT2D eigenvalue weighted by molar-refractivity contribution is 0.0697. The van der Waals surface area contributed by atoms with Crippen LogP contribution in [-0.4, -0.2) is 11.1 Å². The molecule has 2 aromatic rings. The van der Waals surface area contributed by atoms with Crippen molar-refractivity contribution in [2.75, 3.05) is 0 Å². The van der Waals surface area contributed by atoms with Gasteiger partial charge in [0.2, 0.25) is 0 Å². The van der Waals surface area contributed by atoms with Crippen LogP contribution in [0.2, 0.25) is 0 Å². The molecular weight excluding hydrogens is 192 g/mol. The lowest BCUT2D eigenvalue weighted by Crippen LogP contribution is -1.95. The van der Waals surface area contributed by atoms with Crippen molar-refractivity contribution in [3.05, 3.63) is 35.9 Å². The van der Waals surface area contributed by atoms with E-state index in [4.69, 9.17) is 5.11 Å². The highest BCUT2D eigenvalue weighted by molar-refractivity contribution is 6.06. The van der Waals surface area contributed by atoms with Crippen molar-refractivity contribution < 1.29 is 9.90 Å². The summed E-state index contributed by atoms with van der Waals surface area (Å²) >= 11 is 0. The van der Waals surface area contributed by atoms with E-state index in [2.05, 4.69) is 10.2 Å². The lowest BCUT2D eigenvalue weighted by Gasteiger charge is -2.00. The van der Waals surface area contributed by atoms with E-state index in [1.165, 1.54) is 0 Å². The van der Waals surface area contributed by atoms with Crippen LogP contribution in [0.1, 0.15) is 10.4 Å². The highest BCUT2D eigenvalue weighted by atomic mass is 16.4. The van der Waals surface area contributed by atoms with Gasteiger partial charge in [-0.15, -0.1) is 10.2 Å². The van der Waals surface area contributed by atoms with Crippen molar-refractivity contribution in [1.82, 2.24) is 0 Å². The summed E-state index contributed by atoms with van der Waals surface area (Å²) in [6.45, 7) is 0. The third kappa shape index (κ3) is 1.05. The van der Waals surface area contributed by atoms with Gasteiger partial charge < -0.3 is 5.11 Å². The molecule has 1 aliphatic heterocycles. The molecule has 0 aromatic heterocycles. The van der Waals surface area contributed by atoms with Crippen LogP contribution in [0, 0.1) is 0 Å². The maximum Gasteiger partial charge on any atom is 0.335 e. The van der Waals surface area contributed by atoms with Crippen LogP contribution < -0.4 is 0 Å². The van der Waals surface area contributed by atoms with Gasteiger partial charge in [-0.05, 0) is 23.6 Å². The minimum Gasteiger partial charge on any atom is -0.478 e. The summed E-state index contributed by atoms with van der Waals surface area (Å²) in [5.74, 6) is -0.944. The average Bonchev–Trinajstić information content (AvgIpc) is 2.64. The molecule has 3 rings (SSSR count). The highest BCUT2D eigenvalue weighted by Crippen LogP contribution is 2.40. The Morgan fingerprint density at radius 1 is 1.13 bits per heavy atom. The number of azo groups is 1. The number of hydrogen-bond donors (Lipinski definition) is 1. The first-order valence-corrected chi connectivity index (χ1v) is 4.47. The van der Waals surface area contributed by atoms with Gasteiger partial charge in [-0.3, -0.25) is 0 Å². The zero-order valence-electron chi connectivity index (χ0n) is 7.64. The Bertz CT molecular complexity index is 617. The molecule has 15 heavy (non-hydrogen) atoms. The van der Waals surface area contributed by atoms with Gasteiger partial charge in [0, 0.05) is 5.39 Å². The predicted octanol–water partition coefficient (Wildman–Crippen LogP) is 3.27. The lowest BCUT2D eigenvalue weighted by atomic mass is 10.0. The Morgan fingerprint density at radius 2 is 1.93 bits per heavy atom. The molecule has 0 saturated carbocycles. The molecule has 4 nitrogen and oxygen atoms in total. The molecule has 0 unspecified atom stereocenters. The summed E-state index contributed by atoms with van der Waals surface area (Å²) in [5.41, 5.74) is 1.69. The Labute approximate surface area is 84.9 Å². The van der Waals surface area contributed by atoms with Gasteiger partial charge in [0.1, 0.15) is 0 Å². The summed E-state index contributed by atoms with van der Waals surface area (Å²) < 4.78 is 0. The van der Waals surface area contributed by atoms with Crippen molar-refractivity contribution in [1.29, 1.82) is 0 Å². The van der Waals surface area contributed by atoms with Crippen LogP contribution >= 0.6 is 0 Å². The third-order valence-electron chi connectivity index (χ3n) is 2.45. The second-order valence-electron chi connectivity index (χ2n) is 3.38. The van der Waals surface area contributed by atoms with Gasteiger partial charge in [-0.2, -0.15) is 0 Å². The van der Waals surface area contributed by atoms with E-state index in [9.17, 15) is 4.79 Å². The summed E-state index contributed by atoms with van der Waals surface area (Å²) in [4.78, 5) is 10.9. The third-order valence-corrected chi connectivity index (χ3v) is 2.45. The van der Waals surface area contributed by atoms with Gasteiger partial charge in [-0.25, -0.2) is 4.79 Å². The quantitative estimate of drug-likeness (QED) is 0.652. The normalized spacial score (nSPS) is 12.3. The molecule has 0 radical (unpaired) electrons. The first kappa shape index (κ1) is 8.11. The van der Waals surface area contributed by atoms with E-state index in [1.54, 1.807) is 12.1 Å². The Balaban J connectivity index is 2.45. The summed E-state index contributed by atoms with van der Waals surface area (Å²) in [6, 6.07) is 8.76. The molecule has 0 spiro atoms. The number of carboxylic acid groups (broad SMARTS) is 1. The monoisotopic (exact) mass is 198 g/mol. The standard InChI is InChI=1S/C11H6N2O2/c14-11(15)7-4-6-2-1-3-8-10(6)9(5-7)13-12-8/h1-5H,(H,14,15). The summed E-state index contributed by atoms with van der Waals surface area (Å²) in [7, 11) is 0. The number of rotatable bonds is 1.